The lowest BCUT2D eigenvalue weighted by molar-refractivity contribution is -0.142. The van der Waals surface area contributed by atoms with E-state index < -0.39 is 0 Å². The summed E-state index contributed by atoms with van der Waals surface area (Å²) >= 11 is 0. The number of carbonyl (C=O) groups excluding carboxylic acids is 1. The van der Waals surface area contributed by atoms with E-state index in [9.17, 15) is 4.79 Å². The maximum absolute atomic E-state index is 12.0. The number of ether oxygens (including phenoxy) is 1. The van der Waals surface area contributed by atoms with Crippen LogP contribution in [0.1, 0.15) is 24.3 Å². The van der Waals surface area contributed by atoms with Crippen molar-refractivity contribution in [3.63, 3.8) is 0 Å². The molecular weight excluding hydrogens is 254 g/mol. The van der Waals surface area contributed by atoms with Crippen LogP contribution in [0.15, 0.2) is 30.3 Å². The second kappa shape index (κ2) is 7.41. The molecule has 0 spiro atoms. The van der Waals surface area contributed by atoms with Gasteiger partial charge in [-0.3, -0.25) is 4.79 Å². The monoisotopic (exact) mass is 277 g/mol. The van der Waals surface area contributed by atoms with Gasteiger partial charge in [0.2, 0.25) is 0 Å². The van der Waals surface area contributed by atoms with Crippen molar-refractivity contribution < 1.29 is 14.6 Å². The van der Waals surface area contributed by atoms with Gasteiger partial charge < -0.3 is 14.7 Å². The first kappa shape index (κ1) is 15.0. The Morgan fingerprint density at radius 2 is 2.20 bits per heavy atom. The van der Waals surface area contributed by atoms with Gasteiger partial charge in [0.1, 0.15) is 0 Å². The van der Waals surface area contributed by atoms with Crippen LogP contribution in [0.3, 0.4) is 0 Å². The second-order valence-electron chi connectivity index (χ2n) is 5.41. The summed E-state index contributed by atoms with van der Waals surface area (Å²) in [7, 11) is 1.44. The first-order chi connectivity index (χ1) is 9.74. The van der Waals surface area contributed by atoms with Crippen LogP contribution in [0.5, 0.6) is 0 Å². The normalized spacial score (nSPS) is 20.8. The predicted molar refractivity (Wildman–Crippen MR) is 77.4 cm³/mol. The number of nitrogens with zero attached hydrogens (tertiary/aromatic N) is 1. The molecule has 1 fully saturated rings. The van der Waals surface area contributed by atoms with Crippen LogP contribution in [-0.4, -0.2) is 49.3 Å². The van der Waals surface area contributed by atoms with E-state index in [0.717, 1.165) is 31.5 Å². The number of esters is 1. The van der Waals surface area contributed by atoms with Crippen molar-refractivity contribution in [2.45, 2.75) is 18.8 Å². The molecule has 1 aromatic carbocycles. The summed E-state index contributed by atoms with van der Waals surface area (Å²) < 4.78 is 4.95. The van der Waals surface area contributed by atoms with Gasteiger partial charge in [-0.15, -0.1) is 0 Å². The van der Waals surface area contributed by atoms with Gasteiger partial charge in [0.05, 0.1) is 13.0 Å². The van der Waals surface area contributed by atoms with E-state index in [0.29, 0.717) is 12.5 Å². The first-order valence-corrected chi connectivity index (χ1v) is 7.20. The Bertz CT molecular complexity index is 421. The van der Waals surface area contributed by atoms with Gasteiger partial charge in [0.15, 0.2) is 0 Å². The molecule has 0 aromatic heterocycles. The Morgan fingerprint density at radius 3 is 2.85 bits per heavy atom. The van der Waals surface area contributed by atoms with Gasteiger partial charge in [-0.05, 0) is 30.9 Å². The van der Waals surface area contributed by atoms with Crippen molar-refractivity contribution in [3.8, 4) is 0 Å². The van der Waals surface area contributed by atoms with Crippen molar-refractivity contribution in [1.29, 1.82) is 0 Å². The molecule has 2 unspecified atom stereocenters. The topological polar surface area (TPSA) is 49.8 Å². The van der Waals surface area contributed by atoms with Gasteiger partial charge in [-0.25, -0.2) is 0 Å². The lowest BCUT2D eigenvalue weighted by Crippen LogP contribution is -2.31. The lowest BCUT2D eigenvalue weighted by atomic mass is 9.98. The summed E-state index contributed by atoms with van der Waals surface area (Å²) in [5, 5.41) is 9.01. The fraction of sp³-hybridized carbons (Fsp3) is 0.562. The zero-order valence-corrected chi connectivity index (χ0v) is 12.0. The quantitative estimate of drug-likeness (QED) is 0.803. The molecule has 0 radical (unpaired) electrons. The molecule has 2 rings (SSSR count). The van der Waals surface area contributed by atoms with Gasteiger partial charge in [0, 0.05) is 19.7 Å². The highest BCUT2D eigenvalue weighted by atomic mass is 16.5. The van der Waals surface area contributed by atoms with Crippen molar-refractivity contribution >= 4 is 5.97 Å². The second-order valence-corrected chi connectivity index (χ2v) is 5.41. The molecule has 0 amide bonds. The fourth-order valence-electron chi connectivity index (χ4n) is 2.90. The van der Waals surface area contributed by atoms with Crippen LogP contribution in [0, 0.1) is 5.92 Å². The van der Waals surface area contributed by atoms with Crippen molar-refractivity contribution in [2.75, 3.05) is 33.4 Å². The van der Waals surface area contributed by atoms with Crippen LogP contribution in [0.4, 0.5) is 0 Å². The summed E-state index contributed by atoms with van der Waals surface area (Å²) in [4.78, 5) is 14.3. The van der Waals surface area contributed by atoms with E-state index in [2.05, 4.69) is 4.90 Å². The van der Waals surface area contributed by atoms with Crippen LogP contribution < -0.4 is 0 Å². The Hall–Kier alpha value is -1.39. The van der Waals surface area contributed by atoms with Crippen LogP contribution in [0.2, 0.25) is 0 Å². The molecule has 0 bridgehead atoms. The average Bonchev–Trinajstić information content (AvgIpc) is 2.93. The van der Waals surface area contributed by atoms with Crippen LogP contribution in [-0.2, 0) is 9.53 Å². The number of aliphatic hydroxyl groups is 1. The Kier molecular flexibility index (Phi) is 5.56. The molecule has 110 valence electrons. The van der Waals surface area contributed by atoms with Gasteiger partial charge in [-0.1, -0.05) is 30.3 Å². The minimum absolute atomic E-state index is 0.179. The zero-order chi connectivity index (χ0) is 14.4. The number of aliphatic hydroxyl groups excluding tert-OH is 1. The number of carbonyl (C=O) groups is 1. The van der Waals surface area contributed by atoms with E-state index in [1.165, 1.54) is 7.11 Å². The Labute approximate surface area is 120 Å². The molecule has 1 saturated heterocycles. The summed E-state index contributed by atoms with van der Waals surface area (Å²) in [6.45, 7) is 2.89. The first-order valence-electron chi connectivity index (χ1n) is 7.20. The van der Waals surface area contributed by atoms with Gasteiger partial charge >= 0.3 is 5.97 Å². The number of hydrogen-bond acceptors (Lipinski definition) is 4. The number of rotatable bonds is 6. The van der Waals surface area contributed by atoms with Crippen molar-refractivity contribution in [3.05, 3.63) is 35.9 Å². The fourth-order valence-corrected chi connectivity index (χ4v) is 2.90. The highest BCUT2D eigenvalue weighted by molar-refractivity contribution is 5.78. The number of benzene rings is 1. The average molecular weight is 277 g/mol. The van der Waals surface area contributed by atoms with Crippen LogP contribution >= 0.6 is 0 Å². The summed E-state index contributed by atoms with van der Waals surface area (Å²) in [6, 6.07) is 9.80. The van der Waals surface area contributed by atoms with Gasteiger partial charge in [-0.2, -0.15) is 0 Å². The summed E-state index contributed by atoms with van der Waals surface area (Å²) in [5.41, 5.74) is 1.00. The molecule has 20 heavy (non-hydrogen) atoms. The molecule has 4 heteroatoms. The number of likely N-dealkylation sites (tertiary alicyclic amines) is 1. The van der Waals surface area contributed by atoms with Crippen LogP contribution in [0.25, 0.3) is 0 Å². The summed E-state index contributed by atoms with van der Waals surface area (Å²) in [5.74, 6) is 0.143. The van der Waals surface area contributed by atoms with Gasteiger partial charge in [0.25, 0.3) is 0 Å². The molecule has 4 nitrogen and oxygen atoms in total. The predicted octanol–water partition coefficient (Wildman–Crippen LogP) is 1.65. The highest BCUT2D eigenvalue weighted by Crippen LogP contribution is 2.24. The molecular formula is C16H23NO3. The molecule has 0 aliphatic carbocycles. The lowest BCUT2D eigenvalue weighted by Gasteiger charge is -2.22. The third kappa shape index (κ3) is 3.81. The van der Waals surface area contributed by atoms with Crippen molar-refractivity contribution in [2.24, 2.45) is 5.92 Å². The zero-order valence-electron chi connectivity index (χ0n) is 12.0. The van der Waals surface area contributed by atoms with E-state index >= 15 is 0 Å². The largest absolute Gasteiger partial charge is 0.469 e. The smallest absolute Gasteiger partial charge is 0.314 e. The van der Waals surface area contributed by atoms with E-state index in [1.807, 2.05) is 30.3 Å². The number of methoxy groups -OCH3 is 1. The van der Waals surface area contributed by atoms with Crippen molar-refractivity contribution in [1.82, 2.24) is 4.90 Å². The third-order valence-electron chi connectivity index (χ3n) is 4.04. The third-order valence-corrected chi connectivity index (χ3v) is 4.04. The minimum atomic E-state index is -0.228. The molecule has 1 aromatic rings. The SMILES string of the molecule is COC(=O)C(CN1CCC(CCO)C1)c1ccccc1. The Morgan fingerprint density at radius 1 is 1.45 bits per heavy atom. The standard InChI is InChI=1S/C16H23NO3/c1-20-16(19)15(14-5-3-2-4-6-14)12-17-9-7-13(11-17)8-10-18/h2-6,13,15,18H,7-12H2,1H3. The maximum Gasteiger partial charge on any atom is 0.314 e. The van der Waals surface area contributed by atoms with E-state index in [4.69, 9.17) is 9.84 Å². The molecule has 1 heterocycles. The Balaban J connectivity index is 2.01. The molecule has 1 aliphatic heterocycles. The molecule has 2 atom stereocenters. The van der Waals surface area contributed by atoms with E-state index in [-0.39, 0.29) is 18.5 Å². The summed E-state index contributed by atoms with van der Waals surface area (Å²) in [6.07, 6.45) is 1.95. The maximum atomic E-state index is 12.0. The molecule has 0 saturated carbocycles. The molecule has 1 aliphatic rings. The molecule has 1 N–H and O–H groups in total. The highest BCUT2D eigenvalue weighted by Gasteiger charge is 2.28. The van der Waals surface area contributed by atoms with E-state index in [1.54, 1.807) is 0 Å². The minimum Gasteiger partial charge on any atom is -0.469 e. The number of hydrogen-bond donors (Lipinski definition) is 1.